The molecule has 6 nitrogen and oxygen atoms in total. The normalized spacial score (nSPS) is 14.0. The molecule has 1 saturated carbocycles. The van der Waals surface area contributed by atoms with Crippen molar-refractivity contribution >= 4 is 21.8 Å². The molecule has 0 saturated heterocycles. The van der Waals surface area contributed by atoms with Gasteiger partial charge < -0.3 is 15.4 Å². The van der Waals surface area contributed by atoms with Crippen molar-refractivity contribution in [1.82, 2.24) is 25.5 Å². The molecule has 1 aliphatic rings. The zero-order chi connectivity index (χ0) is 27.1. The number of nitrogens with one attached hydrogen (secondary N) is 3. The van der Waals surface area contributed by atoms with E-state index in [0.717, 1.165) is 75.0 Å². The molecule has 3 heterocycles. The van der Waals surface area contributed by atoms with Crippen LogP contribution in [0.15, 0.2) is 79.1 Å². The number of phenols is 1. The van der Waals surface area contributed by atoms with E-state index in [-0.39, 0.29) is 5.75 Å². The van der Waals surface area contributed by atoms with Gasteiger partial charge in [0.15, 0.2) is 0 Å². The van der Waals surface area contributed by atoms with Crippen LogP contribution in [0, 0.1) is 11.7 Å². The van der Waals surface area contributed by atoms with Crippen molar-refractivity contribution in [2.45, 2.75) is 32.2 Å². The Morgan fingerprint density at radius 2 is 1.77 bits per heavy atom. The highest BCUT2D eigenvalue weighted by atomic mass is 19.1. The van der Waals surface area contributed by atoms with E-state index in [1.165, 1.54) is 37.3 Å². The van der Waals surface area contributed by atoms with Crippen molar-refractivity contribution < 1.29 is 9.50 Å². The first-order valence-electron chi connectivity index (χ1n) is 13.9. The number of aromatic amines is 2. The number of pyridine rings is 1. The summed E-state index contributed by atoms with van der Waals surface area (Å²) in [7, 11) is 0. The number of phenolic OH excluding ortho intramolecular Hbond substituents is 1. The van der Waals surface area contributed by atoms with Crippen molar-refractivity contribution in [3.63, 3.8) is 0 Å². The average molecular weight is 532 g/mol. The molecule has 0 atom stereocenters. The number of halogens is 1. The van der Waals surface area contributed by atoms with Gasteiger partial charge in [-0.15, -0.1) is 0 Å². The summed E-state index contributed by atoms with van der Waals surface area (Å²) in [6.45, 7) is 1.89. The highest BCUT2D eigenvalue weighted by Crippen LogP contribution is 2.36. The fourth-order valence-corrected chi connectivity index (χ4v) is 6.04. The van der Waals surface area contributed by atoms with Gasteiger partial charge in [-0.1, -0.05) is 31.0 Å². The topological polar surface area (TPSA) is 89.6 Å². The van der Waals surface area contributed by atoms with Crippen LogP contribution in [-0.4, -0.2) is 31.8 Å². The molecule has 3 aromatic carbocycles. The number of hydrogen-bond donors (Lipinski definition) is 4. The number of fused-ring (bicyclic) bond motifs is 2. The minimum Gasteiger partial charge on any atom is -0.508 e. The number of H-pyrrole nitrogens is 2. The van der Waals surface area contributed by atoms with E-state index in [1.54, 1.807) is 6.07 Å². The molecule has 4 N–H and O–H groups in total. The summed E-state index contributed by atoms with van der Waals surface area (Å²) in [6.07, 6.45) is 9.24. The maximum atomic E-state index is 14.1. The molecule has 1 fully saturated rings. The Balaban J connectivity index is 1.21. The monoisotopic (exact) mass is 531 g/mol. The molecule has 0 spiro atoms. The average Bonchev–Trinajstić information content (AvgIpc) is 3.71. The van der Waals surface area contributed by atoms with E-state index in [2.05, 4.69) is 49.7 Å². The SMILES string of the molecule is Oc1cc(F)cc(-c2cccc3[nH]c(-c4n[nH]c5ccc(-c6cncc(CNCC7CCCC7)c6)cc45)cc23)c1. The molecule has 0 radical (unpaired) electrons. The van der Waals surface area contributed by atoms with Gasteiger partial charge in [-0.25, -0.2) is 4.39 Å². The van der Waals surface area contributed by atoms with Crippen LogP contribution in [0.3, 0.4) is 0 Å². The van der Waals surface area contributed by atoms with Crippen molar-refractivity contribution in [3.8, 4) is 39.4 Å². The first-order valence-corrected chi connectivity index (χ1v) is 13.9. The van der Waals surface area contributed by atoms with Crippen LogP contribution in [-0.2, 0) is 6.54 Å². The Bertz CT molecular complexity index is 1810. The number of rotatable bonds is 7. The second-order valence-corrected chi connectivity index (χ2v) is 10.8. The predicted octanol–water partition coefficient (Wildman–Crippen LogP) is 7.56. The lowest BCUT2D eigenvalue weighted by Crippen LogP contribution is -2.20. The molecule has 6 aromatic rings. The van der Waals surface area contributed by atoms with Gasteiger partial charge in [0.05, 0.1) is 11.2 Å². The second-order valence-electron chi connectivity index (χ2n) is 10.8. The lowest BCUT2D eigenvalue weighted by atomic mass is 10.0. The van der Waals surface area contributed by atoms with Gasteiger partial charge in [0.1, 0.15) is 17.3 Å². The maximum absolute atomic E-state index is 14.1. The minimum absolute atomic E-state index is 0.100. The first-order chi connectivity index (χ1) is 19.6. The van der Waals surface area contributed by atoms with Gasteiger partial charge >= 0.3 is 0 Å². The summed E-state index contributed by atoms with van der Waals surface area (Å²) >= 11 is 0. The van der Waals surface area contributed by atoms with E-state index >= 15 is 0 Å². The van der Waals surface area contributed by atoms with E-state index in [9.17, 15) is 9.50 Å². The fourth-order valence-electron chi connectivity index (χ4n) is 6.04. The molecule has 200 valence electrons. The van der Waals surface area contributed by atoms with Crippen LogP contribution in [0.1, 0.15) is 31.2 Å². The third kappa shape index (κ3) is 4.73. The second kappa shape index (κ2) is 10.2. The summed E-state index contributed by atoms with van der Waals surface area (Å²) in [4.78, 5) is 8.01. The predicted molar refractivity (Wildman–Crippen MR) is 157 cm³/mol. The van der Waals surface area contributed by atoms with Crippen LogP contribution >= 0.6 is 0 Å². The summed E-state index contributed by atoms with van der Waals surface area (Å²) in [5, 5.41) is 23.3. The van der Waals surface area contributed by atoms with Crippen LogP contribution in [0.4, 0.5) is 4.39 Å². The summed E-state index contributed by atoms with van der Waals surface area (Å²) in [5.74, 6) is 0.230. The van der Waals surface area contributed by atoms with Gasteiger partial charge in [0, 0.05) is 46.9 Å². The zero-order valence-electron chi connectivity index (χ0n) is 22.0. The van der Waals surface area contributed by atoms with Crippen LogP contribution in [0.25, 0.3) is 55.4 Å². The van der Waals surface area contributed by atoms with E-state index in [1.807, 2.05) is 36.7 Å². The third-order valence-electron chi connectivity index (χ3n) is 8.04. The molecule has 7 heteroatoms. The number of hydrogen-bond acceptors (Lipinski definition) is 4. The fraction of sp³-hybridized carbons (Fsp3) is 0.212. The van der Waals surface area contributed by atoms with Gasteiger partial charge in [0.25, 0.3) is 0 Å². The van der Waals surface area contributed by atoms with Crippen molar-refractivity contribution in [1.29, 1.82) is 0 Å². The molecule has 3 aromatic heterocycles. The quantitative estimate of drug-likeness (QED) is 0.171. The number of benzene rings is 3. The number of aromatic hydroxyl groups is 1. The molecule has 0 bridgehead atoms. The molecule has 7 rings (SSSR count). The Morgan fingerprint density at radius 3 is 2.65 bits per heavy atom. The Morgan fingerprint density at radius 1 is 0.875 bits per heavy atom. The van der Waals surface area contributed by atoms with E-state index in [4.69, 9.17) is 0 Å². The Labute approximate surface area is 231 Å². The van der Waals surface area contributed by atoms with Gasteiger partial charge in [0.2, 0.25) is 0 Å². The summed E-state index contributed by atoms with van der Waals surface area (Å²) in [5.41, 5.74) is 8.28. The van der Waals surface area contributed by atoms with Gasteiger partial charge in [-0.05, 0) is 90.0 Å². The Kier molecular flexibility index (Phi) is 6.28. The molecule has 0 amide bonds. The van der Waals surface area contributed by atoms with E-state index in [0.29, 0.717) is 5.56 Å². The van der Waals surface area contributed by atoms with Crippen LogP contribution in [0.2, 0.25) is 0 Å². The molecule has 0 aliphatic heterocycles. The minimum atomic E-state index is -0.475. The highest BCUT2D eigenvalue weighted by molar-refractivity contribution is 6.02. The van der Waals surface area contributed by atoms with Gasteiger partial charge in [-0.2, -0.15) is 5.10 Å². The van der Waals surface area contributed by atoms with Gasteiger partial charge in [-0.3, -0.25) is 10.1 Å². The number of aromatic nitrogens is 4. The molecular formula is C33H30FN5O. The largest absolute Gasteiger partial charge is 0.508 e. The van der Waals surface area contributed by atoms with Crippen molar-refractivity contribution in [3.05, 3.63) is 90.5 Å². The van der Waals surface area contributed by atoms with Crippen LogP contribution < -0.4 is 5.32 Å². The maximum Gasteiger partial charge on any atom is 0.127 e. The van der Waals surface area contributed by atoms with E-state index < -0.39 is 5.82 Å². The molecule has 1 aliphatic carbocycles. The standard InChI is InChI=1S/C33H30FN5O/c34-25-11-23(12-26(40)14-25)27-6-3-7-30-28(27)15-32(37-30)33-29-13-22(8-9-31(29)38-39-33)24-10-21(18-36-19-24)17-35-16-20-4-1-2-5-20/h3,6-15,18-20,35,37,40H,1-2,4-5,16-17H2,(H,38,39). The smallest absolute Gasteiger partial charge is 0.127 e. The zero-order valence-corrected chi connectivity index (χ0v) is 22.0. The lowest BCUT2D eigenvalue weighted by molar-refractivity contribution is 0.469. The summed E-state index contributed by atoms with van der Waals surface area (Å²) in [6, 6.07) is 20.5. The molecular weight excluding hydrogens is 501 g/mol. The summed E-state index contributed by atoms with van der Waals surface area (Å²) < 4.78 is 14.1. The highest BCUT2D eigenvalue weighted by Gasteiger charge is 2.16. The first kappa shape index (κ1) is 24.5. The van der Waals surface area contributed by atoms with Crippen LogP contribution in [0.5, 0.6) is 5.75 Å². The number of nitrogens with zero attached hydrogens (tertiary/aromatic N) is 2. The van der Waals surface area contributed by atoms with Crippen molar-refractivity contribution in [2.75, 3.05) is 6.54 Å². The Hall–Kier alpha value is -4.49. The molecule has 40 heavy (non-hydrogen) atoms. The lowest BCUT2D eigenvalue weighted by Gasteiger charge is -2.11. The third-order valence-corrected chi connectivity index (χ3v) is 8.04. The van der Waals surface area contributed by atoms with Crippen molar-refractivity contribution in [2.24, 2.45) is 5.92 Å². The molecule has 0 unspecified atom stereocenters.